The number of ketones is 1. The lowest BCUT2D eigenvalue weighted by molar-refractivity contribution is 0.0554. The molecule has 0 radical (unpaired) electrons. The van der Waals surface area contributed by atoms with Crippen molar-refractivity contribution in [1.82, 2.24) is 30.2 Å². The van der Waals surface area contributed by atoms with Crippen LogP contribution in [0.2, 0.25) is 0 Å². The Bertz CT molecular complexity index is 1400. The molecule has 14 heteroatoms. The maximum atomic E-state index is 13.2. The second-order valence-corrected chi connectivity index (χ2v) is 9.54. The molecule has 1 saturated heterocycles. The van der Waals surface area contributed by atoms with Crippen LogP contribution in [-0.2, 0) is 22.4 Å². The van der Waals surface area contributed by atoms with E-state index < -0.39 is 30.4 Å². The predicted octanol–water partition coefficient (Wildman–Crippen LogP) is 1.88. The minimum absolute atomic E-state index is 0.0177. The fourth-order valence-electron chi connectivity index (χ4n) is 4.82. The van der Waals surface area contributed by atoms with Crippen LogP contribution in [0.3, 0.4) is 0 Å². The average molecular weight is 569 g/mol. The van der Waals surface area contributed by atoms with Gasteiger partial charge in [0.2, 0.25) is 0 Å². The number of furan rings is 1. The number of esters is 2. The molecule has 4 heterocycles. The lowest BCUT2D eigenvalue weighted by Crippen LogP contribution is -2.49. The van der Waals surface area contributed by atoms with Crippen molar-refractivity contribution in [3.63, 3.8) is 0 Å². The van der Waals surface area contributed by atoms with Gasteiger partial charge in [-0.25, -0.2) is 19.1 Å². The zero-order chi connectivity index (χ0) is 29.5. The first kappa shape index (κ1) is 29.4. The van der Waals surface area contributed by atoms with E-state index in [9.17, 15) is 24.3 Å². The maximum absolute atomic E-state index is 13.2. The summed E-state index contributed by atoms with van der Waals surface area (Å²) in [5.41, 5.74) is 0.801. The van der Waals surface area contributed by atoms with Gasteiger partial charge in [0.05, 0.1) is 51.3 Å². The molecule has 3 aromatic rings. The molecule has 41 heavy (non-hydrogen) atoms. The van der Waals surface area contributed by atoms with Crippen molar-refractivity contribution >= 4 is 23.8 Å². The lowest BCUT2D eigenvalue weighted by Gasteiger charge is -2.27. The lowest BCUT2D eigenvalue weighted by atomic mass is 10.0. The molecule has 218 valence electrons. The van der Waals surface area contributed by atoms with Crippen LogP contribution < -0.4 is 5.32 Å². The monoisotopic (exact) mass is 568 g/mol. The number of nitrogens with one attached hydrogen (secondary N) is 1. The van der Waals surface area contributed by atoms with Gasteiger partial charge in [0.25, 0.3) is 0 Å². The third-order valence-electron chi connectivity index (χ3n) is 6.85. The Hall–Kier alpha value is -4.59. The van der Waals surface area contributed by atoms with E-state index in [2.05, 4.69) is 20.6 Å². The van der Waals surface area contributed by atoms with Gasteiger partial charge < -0.3 is 29.2 Å². The summed E-state index contributed by atoms with van der Waals surface area (Å²) in [6.45, 7) is 1.78. The molecule has 0 aliphatic carbocycles. The number of carbonyl (C=O) groups excluding carboxylic acids is 4. The van der Waals surface area contributed by atoms with E-state index in [1.54, 1.807) is 22.0 Å². The molecular weight excluding hydrogens is 536 g/mol. The van der Waals surface area contributed by atoms with Crippen molar-refractivity contribution in [2.75, 3.05) is 27.4 Å². The van der Waals surface area contributed by atoms with E-state index in [1.165, 1.54) is 6.92 Å². The minimum Gasteiger partial charge on any atom is -0.465 e. The molecule has 2 amide bonds. The van der Waals surface area contributed by atoms with Crippen molar-refractivity contribution in [3.05, 3.63) is 53.2 Å². The highest BCUT2D eigenvalue weighted by Gasteiger charge is 2.34. The number of aryl methyl sites for hydroxylation is 1. The third kappa shape index (κ3) is 6.60. The van der Waals surface area contributed by atoms with Gasteiger partial charge in [0, 0.05) is 26.1 Å². The molecular formula is C27H32N6O8. The molecule has 0 unspecified atom stereocenters. The standard InChI is InChI=1S/C27H32N6O8/c1-16(35)24-23(26(37)40-3)22(25(36)39-2)21(41-24)10-9-17(15-34)29-27(38)33-12-6-7-18(33)13-32-14-20(30-31-32)19-8-4-5-11-28-19/h4-5,8,11,14,17-18,34H,6-7,9-10,12-13,15H2,1-3H3,(H,29,38)/t17-,18-/m0/s1. The third-order valence-corrected chi connectivity index (χ3v) is 6.85. The van der Waals surface area contributed by atoms with Crippen LogP contribution in [0.4, 0.5) is 4.79 Å². The number of rotatable bonds is 11. The van der Waals surface area contributed by atoms with E-state index in [-0.39, 0.29) is 47.6 Å². The maximum Gasteiger partial charge on any atom is 0.342 e. The molecule has 0 bridgehead atoms. The van der Waals surface area contributed by atoms with Crippen molar-refractivity contribution in [2.24, 2.45) is 0 Å². The topological polar surface area (TPSA) is 179 Å². The number of likely N-dealkylation sites (tertiary alicyclic amines) is 1. The average Bonchev–Trinajstić information content (AvgIpc) is 3.74. The molecule has 2 N–H and O–H groups in total. The van der Waals surface area contributed by atoms with Crippen LogP contribution in [0.15, 0.2) is 35.0 Å². The predicted molar refractivity (Wildman–Crippen MR) is 142 cm³/mol. The van der Waals surface area contributed by atoms with E-state index in [0.29, 0.717) is 24.5 Å². The van der Waals surface area contributed by atoms with Crippen molar-refractivity contribution in [2.45, 2.75) is 51.2 Å². The summed E-state index contributed by atoms with van der Waals surface area (Å²) in [4.78, 5) is 56.1. The summed E-state index contributed by atoms with van der Waals surface area (Å²) in [5.74, 6) is -2.67. The number of aliphatic hydroxyl groups excluding tert-OH is 1. The Kier molecular flexibility index (Phi) is 9.45. The summed E-state index contributed by atoms with van der Waals surface area (Å²) in [5, 5.41) is 21.2. The first-order valence-corrected chi connectivity index (χ1v) is 13.1. The Labute approximate surface area is 235 Å². The largest absolute Gasteiger partial charge is 0.465 e. The highest BCUT2D eigenvalue weighted by atomic mass is 16.5. The van der Waals surface area contributed by atoms with Crippen LogP contribution in [-0.4, -0.2) is 93.2 Å². The minimum atomic E-state index is -0.919. The van der Waals surface area contributed by atoms with Crippen LogP contribution >= 0.6 is 0 Å². The van der Waals surface area contributed by atoms with Gasteiger partial charge in [-0.15, -0.1) is 5.10 Å². The molecule has 1 fully saturated rings. The van der Waals surface area contributed by atoms with Gasteiger partial charge >= 0.3 is 18.0 Å². The fraction of sp³-hybridized carbons (Fsp3) is 0.444. The number of carbonyl (C=O) groups is 4. The molecule has 2 atom stereocenters. The highest BCUT2D eigenvalue weighted by molar-refractivity contribution is 6.11. The second kappa shape index (κ2) is 13.2. The normalized spacial score (nSPS) is 15.4. The Morgan fingerprint density at radius 1 is 1.15 bits per heavy atom. The molecule has 0 aromatic carbocycles. The number of pyridine rings is 1. The van der Waals surface area contributed by atoms with Crippen molar-refractivity contribution in [1.29, 1.82) is 0 Å². The van der Waals surface area contributed by atoms with Gasteiger partial charge in [-0.05, 0) is 31.4 Å². The van der Waals surface area contributed by atoms with E-state index >= 15 is 0 Å². The number of nitrogens with zero attached hydrogens (tertiary/aromatic N) is 5. The number of ether oxygens (including phenoxy) is 2. The zero-order valence-electron chi connectivity index (χ0n) is 23.0. The van der Waals surface area contributed by atoms with Crippen LogP contribution in [0.5, 0.6) is 0 Å². The summed E-state index contributed by atoms with van der Waals surface area (Å²) in [7, 11) is 2.25. The van der Waals surface area contributed by atoms with E-state index in [0.717, 1.165) is 27.1 Å². The number of amides is 2. The Morgan fingerprint density at radius 2 is 1.90 bits per heavy atom. The molecule has 1 aliphatic heterocycles. The zero-order valence-corrected chi connectivity index (χ0v) is 23.0. The molecule has 0 saturated carbocycles. The molecule has 14 nitrogen and oxygen atoms in total. The summed E-state index contributed by atoms with van der Waals surface area (Å²) in [6.07, 6.45) is 5.21. The number of methoxy groups -OCH3 is 2. The molecule has 0 spiro atoms. The van der Waals surface area contributed by atoms with Crippen LogP contribution in [0.25, 0.3) is 11.4 Å². The number of Topliss-reactive ketones (excluding diaryl/α,β-unsaturated/α-hetero) is 1. The number of hydrogen-bond acceptors (Lipinski definition) is 11. The second-order valence-electron chi connectivity index (χ2n) is 9.54. The van der Waals surface area contributed by atoms with E-state index in [4.69, 9.17) is 13.9 Å². The van der Waals surface area contributed by atoms with Gasteiger partial charge in [-0.2, -0.15) is 0 Å². The quantitative estimate of drug-likeness (QED) is 0.255. The summed E-state index contributed by atoms with van der Waals surface area (Å²) < 4.78 is 16.8. The summed E-state index contributed by atoms with van der Waals surface area (Å²) >= 11 is 0. The Balaban J connectivity index is 1.42. The van der Waals surface area contributed by atoms with Crippen LogP contribution in [0.1, 0.15) is 63.2 Å². The van der Waals surface area contributed by atoms with Gasteiger partial charge in [0.15, 0.2) is 11.5 Å². The smallest absolute Gasteiger partial charge is 0.342 e. The SMILES string of the molecule is COC(=O)c1c(CC[C@@H](CO)NC(=O)N2CCC[C@H]2Cn2cc(-c3ccccn3)nn2)oc(C(C)=O)c1C(=O)OC. The van der Waals surface area contributed by atoms with Gasteiger partial charge in [-0.3, -0.25) is 9.78 Å². The van der Waals surface area contributed by atoms with Gasteiger partial charge in [-0.1, -0.05) is 11.3 Å². The number of hydrogen-bond donors (Lipinski definition) is 2. The number of aliphatic hydroxyl groups is 1. The van der Waals surface area contributed by atoms with E-state index in [1.807, 2.05) is 18.2 Å². The molecule has 1 aliphatic rings. The first-order valence-electron chi connectivity index (χ1n) is 13.1. The first-order chi connectivity index (χ1) is 19.8. The summed E-state index contributed by atoms with van der Waals surface area (Å²) in [6, 6.07) is 4.33. The van der Waals surface area contributed by atoms with Crippen molar-refractivity contribution < 1.29 is 38.2 Å². The van der Waals surface area contributed by atoms with Gasteiger partial charge in [0.1, 0.15) is 22.6 Å². The molecule has 4 rings (SSSR count). The Morgan fingerprint density at radius 3 is 2.56 bits per heavy atom. The van der Waals surface area contributed by atoms with Crippen LogP contribution in [0, 0.1) is 0 Å². The van der Waals surface area contributed by atoms with Crippen molar-refractivity contribution in [3.8, 4) is 11.4 Å². The number of aromatic nitrogens is 4. The molecule has 3 aromatic heterocycles. The highest BCUT2D eigenvalue weighted by Crippen LogP contribution is 2.27. The number of urea groups is 1. The fourth-order valence-corrected chi connectivity index (χ4v) is 4.82.